The third-order valence-electron chi connectivity index (χ3n) is 6.85. The van der Waals surface area contributed by atoms with E-state index in [0.717, 1.165) is 28.0 Å². The first-order valence-electron chi connectivity index (χ1n) is 13.7. The van der Waals surface area contributed by atoms with Crippen molar-refractivity contribution in [1.82, 2.24) is 39.9 Å². The van der Waals surface area contributed by atoms with Gasteiger partial charge in [0, 0.05) is 13.1 Å². The van der Waals surface area contributed by atoms with E-state index in [-0.39, 0.29) is 17.1 Å². The average Bonchev–Trinajstić information content (AvgIpc) is 3.58. The smallest absolute Gasteiger partial charge is 0.225 e. The Morgan fingerprint density at radius 2 is 1.41 bits per heavy atom. The summed E-state index contributed by atoms with van der Waals surface area (Å²) in [5.41, 5.74) is 6.64. The predicted octanol–water partition coefficient (Wildman–Crippen LogP) is 6.61. The fourth-order valence-corrected chi connectivity index (χ4v) is 4.94. The first-order chi connectivity index (χ1) is 19.9. The summed E-state index contributed by atoms with van der Waals surface area (Å²) in [5, 5.41) is 19.9. The van der Waals surface area contributed by atoms with Gasteiger partial charge in [-0.15, -0.1) is 0 Å². The van der Waals surface area contributed by atoms with Crippen LogP contribution in [0.25, 0.3) is 27.9 Å². The molecule has 0 aliphatic carbocycles. The molecular formula is C30H31ClN10. The number of anilines is 2. The average molecular weight is 567 g/mol. The van der Waals surface area contributed by atoms with Gasteiger partial charge in [-0.25, -0.2) is 14.6 Å². The lowest BCUT2D eigenvalue weighted by Gasteiger charge is -2.12. The quantitative estimate of drug-likeness (QED) is 0.167. The lowest BCUT2D eigenvalue weighted by molar-refractivity contribution is 0.769. The third kappa shape index (κ3) is 5.30. The minimum Gasteiger partial charge on any atom is -0.364 e. The van der Waals surface area contributed by atoms with E-state index < -0.39 is 0 Å². The molecule has 4 heterocycles. The summed E-state index contributed by atoms with van der Waals surface area (Å²) in [6.07, 6.45) is 0. The van der Waals surface area contributed by atoms with Crippen LogP contribution < -0.4 is 10.6 Å². The molecule has 6 aromatic rings. The number of aromatic amines is 1. The van der Waals surface area contributed by atoms with Crippen LogP contribution in [0.1, 0.15) is 62.0 Å². The largest absolute Gasteiger partial charge is 0.364 e. The van der Waals surface area contributed by atoms with Crippen molar-refractivity contribution in [2.45, 2.75) is 52.6 Å². The molecule has 2 aromatic carbocycles. The monoisotopic (exact) mass is 566 g/mol. The molecule has 0 aliphatic heterocycles. The molecule has 0 unspecified atom stereocenters. The highest BCUT2D eigenvalue weighted by Crippen LogP contribution is 2.34. The number of aromatic nitrogens is 8. The highest BCUT2D eigenvalue weighted by Gasteiger charge is 2.25. The second-order valence-electron chi connectivity index (χ2n) is 10.5. The Morgan fingerprint density at radius 1 is 0.756 bits per heavy atom. The fraction of sp³-hybridized carbons (Fsp3) is 0.267. The molecule has 11 heteroatoms. The van der Waals surface area contributed by atoms with E-state index >= 15 is 0 Å². The summed E-state index contributed by atoms with van der Waals surface area (Å²) in [4.78, 5) is 19.0. The topological polar surface area (TPSA) is 122 Å². The van der Waals surface area contributed by atoms with E-state index in [0.29, 0.717) is 47.2 Å². The van der Waals surface area contributed by atoms with E-state index in [1.807, 2.05) is 36.4 Å². The van der Waals surface area contributed by atoms with Gasteiger partial charge in [0.1, 0.15) is 16.6 Å². The second kappa shape index (κ2) is 11.1. The molecule has 4 aromatic heterocycles. The molecule has 0 spiro atoms. The van der Waals surface area contributed by atoms with E-state index in [9.17, 15) is 0 Å². The molecule has 0 amide bonds. The normalized spacial score (nSPS) is 11.7. The number of benzene rings is 2. The number of nitrogens with zero attached hydrogens (tertiary/aromatic N) is 7. The molecule has 0 radical (unpaired) electrons. The van der Waals surface area contributed by atoms with Crippen LogP contribution in [0.5, 0.6) is 0 Å². The summed E-state index contributed by atoms with van der Waals surface area (Å²) in [6.45, 7) is 9.48. The minimum absolute atomic E-state index is 0.0742. The zero-order chi connectivity index (χ0) is 28.5. The molecule has 10 nitrogen and oxygen atoms in total. The van der Waals surface area contributed by atoms with E-state index in [1.54, 1.807) is 4.68 Å². The van der Waals surface area contributed by atoms with Crippen LogP contribution in [-0.2, 0) is 13.1 Å². The van der Waals surface area contributed by atoms with Gasteiger partial charge in [0.2, 0.25) is 11.2 Å². The Labute approximate surface area is 242 Å². The molecule has 208 valence electrons. The second-order valence-corrected chi connectivity index (χ2v) is 10.9. The first kappa shape index (κ1) is 26.6. The Bertz CT molecular complexity index is 1810. The molecule has 0 bridgehead atoms. The zero-order valence-electron chi connectivity index (χ0n) is 23.4. The summed E-state index contributed by atoms with van der Waals surface area (Å²) < 4.78 is 1.77. The van der Waals surface area contributed by atoms with Crippen LogP contribution in [0.4, 0.5) is 11.8 Å². The zero-order valence-corrected chi connectivity index (χ0v) is 24.1. The molecular weight excluding hydrogens is 536 g/mol. The van der Waals surface area contributed by atoms with E-state index in [2.05, 4.69) is 82.8 Å². The van der Waals surface area contributed by atoms with Crippen LogP contribution in [0, 0.1) is 0 Å². The van der Waals surface area contributed by atoms with Gasteiger partial charge in [-0.2, -0.15) is 20.2 Å². The highest BCUT2D eigenvalue weighted by molar-refractivity contribution is 6.28. The van der Waals surface area contributed by atoms with Crippen molar-refractivity contribution >= 4 is 45.4 Å². The van der Waals surface area contributed by atoms with Crippen molar-refractivity contribution in [3.63, 3.8) is 0 Å². The van der Waals surface area contributed by atoms with Crippen molar-refractivity contribution < 1.29 is 0 Å². The van der Waals surface area contributed by atoms with Crippen LogP contribution >= 0.6 is 11.6 Å². The lowest BCUT2D eigenvalue weighted by atomic mass is 10.1. The number of rotatable bonds is 9. The summed E-state index contributed by atoms with van der Waals surface area (Å²) >= 11 is 6.44. The van der Waals surface area contributed by atoms with Gasteiger partial charge in [-0.05, 0) is 34.6 Å². The molecule has 0 aliphatic rings. The van der Waals surface area contributed by atoms with Crippen molar-refractivity contribution in [3.05, 3.63) is 88.5 Å². The summed E-state index contributed by atoms with van der Waals surface area (Å²) in [5.74, 6) is 1.82. The summed E-state index contributed by atoms with van der Waals surface area (Å²) in [6, 6.07) is 20.3. The number of H-pyrrole nitrogens is 1. The highest BCUT2D eigenvalue weighted by atomic mass is 35.5. The lowest BCUT2D eigenvalue weighted by Crippen LogP contribution is -2.10. The van der Waals surface area contributed by atoms with Gasteiger partial charge in [0.15, 0.2) is 17.2 Å². The van der Waals surface area contributed by atoms with E-state index in [4.69, 9.17) is 26.7 Å². The Kier molecular flexibility index (Phi) is 7.23. The molecule has 0 saturated heterocycles. The van der Waals surface area contributed by atoms with Crippen molar-refractivity contribution in [2.75, 3.05) is 10.6 Å². The van der Waals surface area contributed by atoms with E-state index in [1.165, 1.54) is 0 Å². The van der Waals surface area contributed by atoms with Gasteiger partial charge in [-0.1, -0.05) is 88.4 Å². The number of hydrogen-bond donors (Lipinski definition) is 3. The van der Waals surface area contributed by atoms with Gasteiger partial charge in [0.25, 0.3) is 0 Å². The number of nitrogens with one attached hydrogen (secondary N) is 3. The fourth-order valence-electron chi connectivity index (χ4n) is 4.77. The maximum atomic E-state index is 6.44. The Morgan fingerprint density at radius 3 is 2.05 bits per heavy atom. The Balaban J connectivity index is 1.54. The van der Waals surface area contributed by atoms with Crippen LogP contribution in [0.2, 0.25) is 5.28 Å². The van der Waals surface area contributed by atoms with Crippen molar-refractivity contribution in [1.29, 1.82) is 0 Å². The summed E-state index contributed by atoms with van der Waals surface area (Å²) in [7, 11) is 0. The molecule has 3 N–H and O–H groups in total. The Hall–Kier alpha value is -4.57. The van der Waals surface area contributed by atoms with Crippen molar-refractivity contribution in [3.8, 4) is 5.82 Å². The standard InChI is InChI=1S/C30H31ClN10/c1-17(2)21-23-25(39-38-21)28(37-30(35-23)33-16-20-13-9-6-10-14-20)41-26-24(22(40-41)18(3)4)34-29(31)36-27(26)32-15-19-11-7-5-8-12-19/h5-14,17-18H,15-16H2,1-4H3,(H,38,39)(H,32,34,36)(H,33,35,37). The van der Waals surface area contributed by atoms with Gasteiger partial charge < -0.3 is 10.6 Å². The molecule has 0 atom stereocenters. The number of halogens is 1. The van der Waals surface area contributed by atoms with Crippen LogP contribution in [0.3, 0.4) is 0 Å². The molecule has 6 rings (SSSR count). The third-order valence-corrected chi connectivity index (χ3v) is 7.02. The maximum Gasteiger partial charge on any atom is 0.225 e. The molecule has 41 heavy (non-hydrogen) atoms. The van der Waals surface area contributed by atoms with Gasteiger partial charge in [-0.3, -0.25) is 5.10 Å². The predicted molar refractivity (Wildman–Crippen MR) is 163 cm³/mol. The van der Waals surface area contributed by atoms with Crippen LogP contribution in [-0.4, -0.2) is 39.9 Å². The van der Waals surface area contributed by atoms with Gasteiger partial charge >= 0.3 is 0 Å². The minimum atomic E-state index is 0.0742. The van der Waals surface area contributed by atoms with Gasteiger partial charge in [0.05, 0.1) is 11.4 Å². The maximum absolute atomic E-state index is 6.44. The first-order valence-corrected chi connectivity index (χ1v) is 14.0. The van der Waals surface area contributed by atoms with Crippen molar-refractivity contribution in [2.24, 2.45) is 0 Å². The number of hydrogen-bond acceptors (Lipinski definition) is 8. The van der Waals surface area contributed by atoms with Crippen LogP contribution in [0.15, 0.2) is 60.7 Å². The molecule has 0 fully saturated rings. The number of fused-ring (bicyclic) bond motifs is 2. The SMILES string of the molecule is CC(C)c1[nH]nc2c(-n3nc(C(C)C)c4nc(Cl)nc(NCc5ccccc5)c43)nc(NCc3ccccc3)nc12. The molecule has 0 saturated carbocycles.